The summed E-state index contributed by atoms with van der Waals surface area (Å²) in [4.78, 5) is 13.1. The number of halogens is 1. The van der Waals surface area contributed by atoms with E-state index in [1.807, 2.05) is 31.4 Å². The summed E-state index contributed by atoms with van der Waals surface area (Å²) in [6, 6.07) is 9.15. The van der Waals surface area contributed by atoms with E-state index >= 15 is 0 Å². The van der Waals surface area contributed by atoms with Gasteiger partial charge in [-0.05, 0) is 54.6 Å². The van der Waals surface area contributed by atoms with Crippen LogP contribution in [0.15, 0.2) is 35.2 Å². The summed E-state index contributed by atoms with van der Waals surface area (Å²) < 4.78 is 0. The van der Waals surface area contributed by atoms with Gasteiger partial charge in [0.25, 0.3) is 5.91 Å². The number of hydrogen-bond donors (Lipinski definition) is 1. The van der Waals surface area contributed by atoms with Crippen molar-refractivity contribution in [2.45, 2.75) is 13.8 Å². The number of hydrogen-bond acceptors (Lipinski definition) is 3. The summed E-state index contributed by atoms with van der Waals surface area (Å²) in [5, 5.41) is 14.4. The van der Waals surface area contributed by atoms with Crippen LogP contribution in [0.1, 0.15) is 16.0 Å². The van der Waals surface area contributed by atoms with E-state index in [-0.39, 0.29) is 5.57 Å². The van der Waals surface area contributed by atoms with Crippen LogP contribution < -0.4 is 5.32 Å². The fraction of sp³-hybridized carbons (Fsp3) is 0.125. The highest BCUT2D eigenvalue weighted by Gasteiger charge is 2.12. The van der Waals surface area contributed by atoms with Crippen LogP contribution in [0.25, 0.3) is 6.08 Å². The van der Waals surface area contributed by atoms with E-state index in [1.54, 1.807) is 24.3 Å². The van der Waals surface area contributed by atoms with E-state index in [1.165, 1.54) is 11.3 Å². The van der Waals surface area contributed by atoms with Crippen molar-refractivity contribution in [3.63, 3.8) is 0 Å². The molecule has 0 unspecified atom stereocenters. The molecule has 0 aliphatic heterocycles. The quantitative estimate of drug-likeness (QED) is 0.666. The molecular formula is C16H13ClN2OS. The summed E-state index contributed by atoms with van der Waals surface area (Å²) in [5.41, 5.74) is 2.49. The highest BCUT2D eigenvalue weighted by Crippen LogP contribution is 2.24. The number of amides is 1. The van der Waals surface area contributed by atoms with Gasteiger partial charge in [-0.25, -0.2) is 0 Å². The Morgan fingerprint density at radius 2 is 2.14 bits per heavy atom. The van der Waals surface area contributed by atoms with Crippen molar-refractivity contribution in [1.82, 2.24) is 0 Å². The van der Waals surface area contributed by atoms with E-state index in [0.717, 1.165) is 16.0 Å². The normalized spacial score (nSPS) is 11.0. The van der Waals surface area contributed by atoms with Gasteiger partial charge in [-0.3, -0.25) is 4.79 Å². The van der Waals surface area contributed by atoms with Gasteiger partial charge in [0.2, 0.25) is 0 Å². The first-order valence-electron chi connectivity index (χ1n) is 6.25. The highest BCUT2D eigenvalue weighted by molar-refractivity contribution is 7.11. The monoisotopic (exact) mass is 316 g/mol. The number of nitrogens with zero attached hydrogens (tertiary/aromatic N) is 1. The molecule has 106 valence electrons. The van der Waals surface area contributed by atoms with Crippen LogP contribution in [-0.4, -0.2) is 5.91 Å². The Kier molecular flexibility index (Phi) is 4.79. The Balaban J connectivity index is 2.26. The van der Waals surface area contributed by atoms with Crippen LogP contribution in [0.3, 0.4) is 0 Å². The standard InChI is InChI=1S/C16H13ClN2OS/c1-10-6-7-21-15(10)8-12(9-18)16(20)19-14-5-3-4-13(17)11(14)2/h3-8H,1-2H3,(H,19,20)/b12-8+. The number of anilines is 1. The molecule has 21 heavy (non-hydrogen) atoms. The Bertz CT molecular complexity index is 756. The van der Waals surface area contributed by atoms with Crippen molar-refractivity contribution in [3.05, 3.63) is 56.2 Å². The average molecular weight is 317 g/mol. The maximum atomic E-state index is 12.2. The van der Waals surface area contributed by atoms with Gasteiger partial charge in [-0.2, -0.15) is 5.26 Å². The number of nitrogens with one attached hydrogen (secondary N) is 1. The molecule has 0 atom stereocenters. The average Bonchev–Trinajstić information content (AvgIpc) is 2.86. The minimum Gasteiger partial charge on any atom is -0.321 e. The highest BCUT2D eigenvalue weighted by atomic mass is 35.5. The van der Waals surface area contributed by atoms with Crippen LogP contribution in [0.2, 0.25) is 5.02 Å². The van der Waals surface area contributed by atoms with Crippen LogP contribution in [0.4, 0.5) is 5.69 Å². The Morgan fingerprint density at radius 3 is 2.76 bits per heavy atom. The van der Waals surface area contributed by atoms with Crippen molar-refractivity contribution >= 4 is 40.6 Å². The molecule has 0 spiro atoms. The number of nitriles is 1. The Labute approximate surface area is 132 Å². The van der Waals surface area contributed by atoms with E-state index < -0.39 is 5.91 Å². The number of benzene rings is 1. The molecule has 0 radical (unpaired) electrons. The maximum Gasteiger partial charge on any atom is 0.266 e. The minimum atomic E-state index is -0.435. The van der Waals surface area contributed by atoms with Crippen LogP contribution in [0, 0.1) is 25.2 Å². The molecule has 0 aliphatic rings. The molecule has 1 amide bonds. The number of aryl methyl sites for hydroxylation is 1. The summed E-state index contributed by atoms with van der Waals surface area (Å²) in [6.45, 7) is 3.76. The van der Waals surface area contributed by atoms with Gasteiger partial charge in [-0.1, -0.05) is 17.7 Å². The second-order valence-corrected chi connectivity index (χ2v) is 5.86. The molecule has 1 heterocycles. The lowest BCUT2D eigenvalue weighted by Gasteiger charge is -2.08. The Hall–Kier alpha value is -2.09. The first kappa shape index (κ1) is 15.3. The van der Waals surface area contributed by atoms with Gasteiger partial charge < -0.3 is 5.32 Å². The zero-order valence-electron chi connectivity index (χ0n) is 11.6. The molecule has 0 bridgehead atoms. The number of carbonyl (C=O) groups excluding carboxylic acids is 1. The van der Waals surface area contributed by atoms with Gasteiger partial charge in [0, 0.05) is 15.6 Å². The second-order valence-electron chi connectivity index (χ2n) is 4.50. The SMILES string of the molecule is Cc1ccsc1/C=C(\C#N)C(=O)Nc1cccc(Cl)c1C. The molecule has 5 heteroatoms. The molecule has 0 fully saturated rings. The fourth-order valence-electron chi connectivity index (χ4n) is 1.74. The molecule has 3 nitrogen and oxygen atoms in total. The first-order chi connectivity index (χ1) is 10.0. The third-order valence-corrected chi connectivity index (χ3v) is 4.43. The molecule has 1 aromatic heterocycles. The zero-order valence-corrected chi connectivity index (χ0v) is 13.2. The van der Waals surface area contributed by atoms with Crippen molar-refractivity contribution in [3.8, 4) is 6.07 Å². The number of carbonyl (C=O) groups is 1. The summed E-state index contributed by atoms with van der Waals surface area (Å²) >= 11 is 7.51. The summed E-state index contributed by atoms with van der Waals surface area (Å²) in [7, 11) is 0. The zero-order chi connectivity index (χ0) is 15.4. The third-order valence-electron chi connectivity index (χ3n) is 3.06. The third kappa shape index (κ3) is 3.52. The summed E-state index contributed by atoms with van der Waals surface area (Å²) in [6.07, 6.45) is 1.61. The molecule has 0 saturated heterocycles. The smallest absolute Gasteiger partial charge is 0.266 e. The molecule has 2 aromatic rings. The van der Waals surface area contributed by atoms with E-state index in [9.17, 15) is 10.1 Å². The largest absolute Gasteiger partial charge is 0.321 e. The van der Waals surface area contributed by atoms with E-state index in [2.05, 4.69) is 5.32 Å². The van der Waals surface area contributed by atoms with Crippen LogP contribution in [-0.2, 0) is 4.79 Å². The molecule has 2 rings (SSSR count). The fourth-order valence-corrected chi connectivity index (χ4v) is 2.78. The number of thiophene rings is 1. The maximum absolute atomic E-state index is 12.2. The van der Waals surface area contributed by atoms with Crippen molar-refractivity contribution in [1.29, 1.82) is 5.26 Å². The lowest BCUT2D eigenvalue weighted by Crippen LogP contribution is -2.14. The molecule has 0 saturated carbocycles. The minimum absolute atomic E-state index is 0.0694. The molecular weight excluding hydrogens is 304 g/mol. The van der Waals surface area contributed by atoms with Gasteiger partial charge in [0.1, 0.15) is 11.6 Å². The number of rotatable bonds is 3. The van der Waals surface area contributed by atoms with Crippen LogP contribution >= 0.6 is 22.9 Å². The Morgan fingerprint density at radius 1 is 1.38 bits per heavy atom. The second kappa shape index (κ2) is 6.57. The van der Waals surface area contributed by atoms with Crippen LogP contribution in [0.5, 0.6) is 0 Å². The van der Waals surface area contributed by atoms with Gasteiger partial charge in [0.05, 0.1) is 0 Å². The topological polar surface area (TPSA) is 52.9 Å². The van der Waals surface area contributed by atoms with Gasteiger partial charge in [-0.15, -0.1) is 11.3 Å². The lowest BCUT2D eigenvalue weighted by molar-refractivity contribution is -0.112. The molecule has 1 N–H and O–H groups in total. The lowest BCUT2D eigenvalue weighted by atomic mass is 10.1. The van der Waals surface area contributed by atoms with Gasteiger partial charge >= 0.3 is 0 Å². The van der Waals surface area contributed by atoms with Gasteiger partial charge in [0.15, 0.2) is 0 Å². The van der Waals surface area contributed by atoms with Crippen molar-refractivity contribution in [2.24, 2.45) is 0 Å². The van der Waals surface area contributed by atoms with Crippen molar-refractivity contribution in [2.75, 3.05) is 5.32 Å². The van der Waals surface area contributed by atoms with Crippen molar-refractivity contribution < 1.29 is 4.79 Å². The van der Waals surface area contributed by atoms with E-state index in [4.69, 9.17) is 11.6 Å². The molecule has 1 aromatic carbocycles. The first-order valence-corrected chi connectivity index (χ1v) is 7.51. The molecule has 0 aliphatic carbocycles. The predicted octanol–water partition coefficient (Wildman–Crippen LogP) is 4.56. The van der Waals surface area contributed by atoms with E-state index in [0.29, 0.717) is 10.7 Å². The summed E-state index contributed by atoms with van der Waals surface area (Å²) in [5.74, 6) is -0.435. The predicted molar refractivity (Wildman–Crippen MR) is 87.5 cm³/mol.